The average Bonchev–Trinajstić information content (AvgIpc) is 2.63. The smallest absolute Gasteiger partial charge is 0.240 e. The molecule has 6 nitrogen and oxygen atoms in total. The molecular weight excluding hydrogens is 304 g/mol. The fourth-order valence-electron chi connectivity index (χ4n) is 4.39. The van der Waals surface area contributed by atoms with Crippen molar-refractivity contribution in [3.05, 3.63) is 0 Å². The lowest BCUT2D eigenvalue weighted by Gasteiger charge is -2.40. The summed E-state index contributed by atoms with van der Waals surface area (Å²) in [5.41, 5.74) is 3.35. The van der Waals surface area contributed by atoms with Gasteiger partial charge in [0, 0.05) is 26.2 Å². The van der Waals surface area contributed by atoms with Gasteiger partial charge in [-0.25, -0.2) is 10.4 Å². The molecule has 0 unspecified atom stereocenters. The Morgan fingerprint density at radius 3 is 2.08 bits per heavy atom. The Morgan fingerprint density at radius 1 is 0.958 bits per heavy atom. The molecule has 3 fully saturated rings. The fourth-order valence-corrected chi connectivity index (χ4v) is 4.39. The molecule has 3 aliphatic rings. The molecule has 6 heteroatoms. The van der Waals surface area contributed by atoms with Crippen LogP contribution in [0.15, 0.2) is 0 Å². The van der Waals surface area contributed by atoms with Gasteiger partial charge in [0.1, 0.15) is 0 Å². The first-order valence-corrected chi connectivity index (χ1v) is 9.69. The Hall–Kier alpha value is -0.690. The normalized spacial score (nSPS) is 27.3. The molecule has 0 radical (unpaired) electrons. The van der Waals surface area contributed by atoms with Crippen LogP contribution in [0.1, 0.15) is 32.6 Å². The van der Waals surface area contributed by atoms with Crippen LogP contribution in [0.25, 0.3) is 0 Å². The van der Waals surface area contributed by atoms with Gasteiger partial charge in [-0.1, -0.05) is 0 Å². The van der Waals surface area contributed by atoms with Crippen LogP contribution < -0.4 is 5.43 Å². The molecule has 24 heavy (non-hydrogen) atoms. The fraction of sp³-hybridized carbons (Fsp3) is 0.944. The Balaban J connectivity index is 1.41. The van der Waals surface area contributed by atoms with Gasteiger partial charge < -0.3 is 14.5 Å². The van der Waals surface area contributed by atoms with Crippen LogP contribution >= 0.6 is 0 Å². The summed E-state index contributed by atoms with van der Waals surface area (Å²) in [4.78, 5) is 17.2. The van der Waals surface area contributed by atoms with Crippen LogP contribution in [0.2, 0.25) is 0 Å². The van der Waals surface area contributed by atoms with Crippen LogP contribution in [0, 0.1) is 11.8 Å². The molecule has 0 aliphatic carbocycles. The second kappa shape index (κ2) is 8.61. The van der Waals surface area contributed by atoms with Gasteiger partial charge in [0.15, 0.2) is 0 Å². The molecule has 3 saturated heterocycles. The number of piperidine rings is 2. The second-order valence-corrected chi connectivity index (χ2v) is 7.75. The van der Waals surface area contributed by atoms with E-state index in [1.807, 2.05) is 6.92 Å². The third kappa shape index (κ3) is 4.69. The first-order valence-electron chi connectivity index (χ1n) is 9.69. The summed E-state index contributed by atoms with van der Waals surface area (Å²) < 4.78 is 5.35. The zero-order valence-corrected chi connectivity index (χ0v) is 15.4. The number of likely N-dealkylation sites (tertiary alicyclic amines) is 2. The summed E-state index contributed by atoms with van der Waals surface area (Å²) >= 11 is 0. The van der Waals surface area contributed by atoms with E-state index in [0.717, 1.165) is 51.2 Å². The first kappa shape index (κ1) is 18.1. The van der Waals surface area contributed by atoms with Crippen LogP contribution in [-0.2, 0) is 9.53 Å². The van der Waals surface area contributed by atoms with Crippen molar-refractivity contribution in [3.8, 4) is 0 Å². The summed E-state index contributed by atoms with van der Waals surface area (Å²) in [5, 5.41) is 2.12. The van der Waals surface area contributed by atoms with Crippen LogP contribution in [0.3, 0.4) is 0 Å². The molecule has 3 rings (SSSR count). The number of rotatable bonds is 4. The Morgan fingerprint density at radius 2 is 1.50 bits per heavy atom. The van der Waals surface area contributed by atoms with E-state index in [4.69, 9.17) is 4.74 Å². The van der Waals surface area contributed by atoms with Gasteiger partial charge in [-0.3, -0.25) is 4.79 Å². The molecule has 1 atom stereocenters. The molecule has 0 spiro atoms. The molecule has 0 saturated carbocycles. The molecule has 138 valence electrons. The van der Waals surface area contributed by atoms with Crippen molar-refractivity contribution in [1.29, 1.82) is 0 Å². The lowest BCUT2D eigenvalue weighted by molar-refractivity contribution is -0.137. The highest BCUT2D eigenvalue weighted by Gasteiger charge is 2.31. The van der Waals surface area contributed by atoms with E-state index in [1.165, 1.54) is 38.8 Å². The molecular formula is C18H34N4O2. The highest BCUT2D eigenvalue weighted by atomic mass is 16.5. The topological polar surface area (TPSA) is 48.1 Å². The van der Waals surface area contributed by atoms with Crippen LogP contribution in [-0.4, -0.2) is 86.3 Å². The van der Waals surface area contributed by atoms with Gasteiger partial charge in [-0.15, -0.1) is 0 Å². The van der Waals surface area contributed by atoms with E-state index in [0.29, 0.717) is 0 Å². The number of hydrogen-bond donors (Lipinski definition) is 1. The summed E-state index contributed by atoms with van der Waals surface area (Å²) in [6.07, 6.45) is 5.04. The van der Waals surface area contributed by atoms with Gasteiger partial charge in [0.2, 0.25) is 5.91 Å². The number of hydrazine groups is 1. The van der Waals surface area contributed by atoms with E-state index < -0.39 is 0 Å². The van der Waals surface area contributed by atoms with E-state index >= 15 is 0 Å². The molecule has 0 aromatic rings. The minimum Gasteiger partial charge on any atom is -0.379 e. The average molecular weight is 338 g/mol. The van der Waals surface area contributed by atoms with Crippen molar-refractivity contribution in [1.82, 2.24) is 20.2 Å². The van der Waals surface area contributed by atoms with Gasteiger partial charge in [0.25, 0.3) is 0 Å². The molecule has 3 aliphatic heterocycles. The van der Waals surface area contributed by atoms with E-state index in [1.54, 1.807) is 0 Å². The monoisotopic (exact) mass is 338 g/mol. The molecule has 1 amide bonds. The largest absolute Gasteiger partial charge is 0.379 e. The number of hydrogen-bond acceptors (Lipinski definition) is 5. The SMILES string of the molecule is C[C@@H](NN1CCOCC1)C(=O)N1CCC(C2CCN(C)CC2)CC1. The number of carbonyl (C=O) groups is 1. The van der Waals surface area contributed by atoms with Crippen LogP contribution in [0.4, 0.5) is 0 Å². The van der Waals surface area contributed by atoms with E-state index in [9.17, 15) is 4.79 Å². The third-order valence-electron chi connectivity index (χ3n) is 6.04. The number of carbonyl (C=O) groups excluding carboxylic acids is 1. The van der Waals surface area contributed by atoms with Gasteiger partial charge in [0.05, 0.1) is 19.3 Å². The number of ether oxygens (including phenoxy) is 1. The maximum absolute atomic E-state index is 12.7. The summed E-state index contributed by atoms with van der Waals surface area (Å²) in [5.74, 6) is 1.95. The van der Waals surface area contributed by atoms with Crippen LogP contribution in [0.5, 0.6) is 0 Å². The van der Waals surface area contributed by atoms with Crippen molar-refractivity contribution in [2.24, 2.45) is 11.8 Å². The second-order valence-electron chi connectivity index (χ2n) is 7.75. The molecule has 0 bridgehead atoms. The number of nitrogens with one attached hydrogen (secondary N) is 1. The minimum atomic E-state index is -0.136. The summed E-state index contributed by atoms with van der Waals surface area (Å²) in [7, 11) is 2.22. The zero-order chi connectivity index (χ0) is 16.9. The number of nitrogens with zero attached hydrogens (tertiary/aromatic N) is 3. The third-order valence-corrected chi connectivity index (χ3v) is 6.04. The maximum Gasteiger partial charge on any atom is 0.240 e. The Kier molecular flexibility index (Phi) is 6.49. The lowest BCUT2D eigenvalue weighted by Crippen LogP contribution is -2.55. The summed E-state index contributed by atoms with van der Waals surface area (Å²) in [6.45, 7) is 9.54. The number of amides is 1. The van der Waals surface area contributed by atoms with Crippen molar-refractivity contribution >= 4 is 5.91 Å². The zero-order valence-electron chi connectivity index (χ0n) is 15.4. The predicted molar refractivity (Wildman–Crippen MR) is 94.5 cm³/mol. The minimum absolute atomic E-state index is 0.136. The molecule has 0 aromatic carbocycles. The molecule has 1 N–H and O–H groups in total. The number of morpholine rings is 1. The molecule has 0 aromatic heterocycles. The predicted octanol–water partition coefficient (Wildman–Crippen LogP) is 0.792. The Bertz CT molecular complexity index is 398. The lowest BCUT2D eigenvalue weighted by atomic mass is 9.79. The Labute approximate surface area is 146 Å². The van der Waals surface area contributed by atoms with Gasteiger partial charge in [-0.05, 0) is 64.6 Å². The summed E-state index contributed by atoms with van der Waals surface area (Å²) in [6, 6.07) is -0.136. The standard InChI is InChI=1S/C18H34N4O2/c1-15(19-22-11-13-24-14-12-22)18(23)21-9-5-17(6-10-21)16-3-7-20(2)8-4-16/h15-17,19H,3-14H2,1-2H3/t15-/m1/s1. The highest BCUT2D eigenvalue weighted by Crippen LogP contribution is 2.32. The van der Waals surface area contributed by atoms with E-state index in [-0.39, 0.29) is 11.9 Å². The quantitative estimate of drug-likeness (QED) is 0.821. The van der Waals surface area contributed by atoms with Gasteiger partial charge in [-0.2, -0.15) is 0 Å². The van der Waals surface area contributed by atoms with Crippen molar-refractivity contribution in [2.75, 3.05) is 59.5 Å². The molecule has 3 heterocycles. The van der Waals surface area contributed by atoms with Crippen molar-refractivity contribution in [3.63, 3.8) is 0 Å². The maximum atomic E-state index is 12.7. The van der Waals surface area contributed by atoms with Crippen molar-refractivity contribution < 1.29 is 9.53 Å². The van der Waals surface area contributed by atoms with Gasteiger partial charge >= 0.3 is 0 Å². The van der Waals surface area contributed by atoms with E-state index in [2.05, 4.69) is 27.3 Å². The first-order chi connectivity index (χ1) is 11.6. The highest BCUT2D eigenvalue weighted by molar-refractivity contribution is 5.81. The van der Waals surface area contributed by atoms with Crippen molar-refractivity contribution in [2.45, 2.75) is 38.6 Å².